The van der Waals surface area contributed by atoms with Gasteiger partial charge in [0.15, 0.2) is 5.78 Å². The van der Waals surface area contributed by atoms with Gasteiger partial charge in [-0.2, -0.15) is 0 Å². The Labute approximate surface area is 93.3 Å². The second-order valence-electron chi connectivity index (χ2n) is 3.94. The lowest BCUT2D eigenvalue weighted by Crippen LogP contribution is -2.29. The van der Waals surface area contributed by atoms with Gasteiger partial charge in [0, 0.05) is 23.9 Å². The maximum Gasteiger partial charge on any atom is 0.172 e. The highest BCUT2D eigenvalue weighted by atomic mass is 16.1. The third-order valence-corrected chi connectivity index (χ3v) is 3.03. The minimum Gasteiger partial charge on any atom is -0.293 e. The topological polar surface area (TPSA) is 41.8 Å². The van der Waals surface area contributed by atoms with E-state index in [2.05, 4.69) is 16.6 Å². The van der Waals surface area contributed by atoms with Crippen molar-refractivity contribution < 1.29 is 4.79 Å². The number of dihydropyridines is 2. The minimum absolute atomic E-state index is 0.0543. The molecule has 0 amide bonds. The molecule has 0 bridgehead atoms. The summed E-state index contributed by atoms with van der Waals surface area (Å²) in [5.41, 5.74) is 2.24. The SMILES string of the molecule is C=C1C(=O)C2C=CC=NC2=C2N=CC=CC12. The molecule has 16 heavy (non-hydrogen) atoms. The number of ketones is 1. The van der Waals surface area contributed by atoms with Crippen LogP contribution < -0.4 is 0 Å². The molecular formula is C13H10N2O. The molecule has 0 saturated heterocycles. The average Bonchev–Trinajstić information content (AvgIpc) is 2.36. The van der Waals surface area contributed by atoms with Crippen molar-refractivity contribution in [3.8, 4) is 0 Å². The van der Waals surface area contributed by atoms with E-state index >= 15 is 0 Å². The summed E-state index contributed by atoms with van der Waals surface area (Å²) < 4.78 is 0. The van der Waals surface area contributed by atoms with Gasteiger partial charge in [0.05, 0.1) is 17.3 Å². The van der Waals surface area contributed by atoms with E-state index in [1.165, 1.54) is 0 Å². The first-order valence-electron chi connectivity index (χ1n) is 5.18. The molecule has 0 aromatic carbocycles. The van der Waals surface area contributed by atoms with E-state index in [1.807, 2.05) is 18.2 Å². The summed E-state index contributed by atoms with van der Waals surface area (Å²) in [6, 6.07) is 0. The van der Waals surface area contributed by atoms with Gasteiger partial charge in [-0.05, 0) is 12.2 Å². The standard InChI is InChI=1S/C13H10N2O/c1-8-9-4-2-6-14-11(9)12-10(13(8)16)5-3-7-15-12/h2-7,9-10H,1H2. The molecule has 0 saturated carbocycles. The zero-order valence-corrected chi connectivity index (χ0v) is 8.63. The summed E-state index contributed by atoms with van der Waals surface area (Å²) in [4.78, 5) is 20.7. The van der Waals surface area contributed by atoms with Crippen LogP contribution in [0.2, 0.25) is 0 Å². The molecule has 0 aromatic heterocycles. The molecule has 2 atom stereocenters. The number of hydrogen-bond acceptors (Lipinski definition) is 3. The molecule has 2 unspecified atom stereocenters. The summed E-state index contributed by atoms with van der Waals surface area (Å²) in [6.45, 7) is 3.88. The van der Waals surface area contributed by atoms with Crippen LogP contribution in [0.25, 0.3) is 0 Å². The van der Waals surface area contributed by atoms with Crippen molar-refractivity contribution in [2.24, 2.45) is 21.8 Å². The maximum absolute atomic E-state index is 12.1. The highest BCUT2D eigenvalue weighted by Crippen LogP contribution is 2.39. The first kappa shape index (κ1) is 9.21. The number of fused-ring (bicyclic) bond motifs is 2. The zero-order valence-electron chi connectivity index (χ0n) is 8.63. The molecule has 3 rings (SSSR count). The molecule has 1 aliphatic carbocycles. The number of rotatable bonds is 0. The predicted molar refractivity (Wildman–Crippen MR) is 63.4 cm³/mol. The van der Waals surface area contributed by atoms with Crippen LogP contribution >= 0.6 is 0 Å². The predicted octanol–water partition coefficient (Wildman–Crippen LogP) is 1.85. The van der Waals surface area contributed by atoms with Gasteiger partial charge in [0.2, 0.25) is 0 Å². The van der Waals surface area contributed by atoms with Gasteiger partial charge in [-0.3, -0.25) is 14.8 Å². The highest BCUT2D eigenvalue weighted by Gasteiger charge is 2.37. The Kier molecular flexibility index (Phi) is 1.86. The quantitative estimate of drug-likeness (QED) is 0.562. The van der Waals surface area contributed by atoms with Crippen LogP contribution in [0.5, 0.6) is 0 Å². The lowest BCUT2D eigenvalue weighted by Gasteiger charge is -2.30. The molecule has 0 radical (unpaired) electrons. The summed E-state index contributed by atoms with van der Waals surface area (Å²) in [7, 11) is 0. The lowest BCUT2D eigenvalue weighted by atomic mass is 9.77. The summed E-state index contributed by atoms with van der Waals surface area (Å²) >= 11 is 0. The third-order valence-electron chi connectivity index (χ3n) is 3.03. The fourth-order valence-electron chi connectivity index (χ4n) is 2.21. The van der Waals surface area contributed by atoms with Crippen LogP contribution in [-0.4, -0.2) is 18.2 Å². The molecule has 2 aliphatic heterocycles. The molecule has 0 fully saturated rings. The van der Waals surface area contributed by atoms with Crippen molar-refractivity contribution in [1.29, 1.82) is 0 Å². The Hall–Kier alpha value is -2.03. The van der Waals surface area contributed by atoms with Crippen LogP contribution in [0.4, 0.5) is 0 Å². The third kappa shape index (κ3) is 1.11. The molecule has 3 aliphatic rings. The first-order valence-corrected chi connectivity index (χ1v) is 5.18. The van der Waals surface area contributed by atoms with Gasteiger partial charge >= 0.3 is 0 Å². The Morgan fingerprint density at radius 2 is 1.56 bits per heavy atom. The molecular weight excluding hydrogens is 200 g/mol. The summed E-state index contributed by atoms with van der Waals surface area (Å²) in [6.07, 6.45) is 10.9. The Morgan fingerprint density at radius 1 is 1.00 bits per heavy atom. The van der Waals surface area contributed by atoms with Crippen LogP contribution in [0.3, 0.4) is 0 Å². The summed E-state index contributed by atoms with van der Waals surface area (Å²) in [5, 5.41) is 0. The lowest BCUT2D eigenvalue weighted by molar-refractivity contribution is -0.117. The summed E-state index contributed by atoms with van der Waals surface area (Å²) in [5.74, 6) is -0.321. The number of allylic oxidation sites excluding steroid dienone is 4. The second kappa shape index (κ2) is 3.23. The monoisotopic (exact) mass is 210 g/mol. The fourth-order valence-corrected chi connectivity index (χ4v) is 2.21. The van der Waals surface area contributed by atoms with Crippen LogP contribution in [0.15, 0.2) is 57.8 Å². The van der Waals surface area contributed by atoms with E-state index in [1.54, 1.807) is 18.5 Å². The van der Waals surface area contributed by atoms with E-state index in [0.29, 0.717) is 5.57 Å². The van der Waals surface area contributed by atoms with E-state index in [-0.39, 0.29) is 17.6 Å². The van der Waals surface area contributed by atoms with Crippen molar-refractivity contribution in [2.75, 3.05) is 0 Å². The van der Waals surface area contributed by atoms with Crippen LogP contribution in [0, 0.1) is 11.8 Å². The molecule has 2 heterocycles. The van der Waals surface area contributed by atoms with E-state index < -0.39 is 0 Å². The van der Waals surface area contributed by atoms with Crippen molar-refractivity contribution in [1.82, 2.24) is 0 Å². The first-order chi connectivity index (χ1) is 7.79. The smallest absolute Gasteiger partial charge is 0.172 e. The minimum atomic E-state index is -0.285. The van der Waals surface area contributed by atoms with Gasteiger partial charge in [-0.15, -0.1) is 0 Å². The second-order valence-corrected chi connectivity index (χ2v) is 3.94. The number of aliphatic imine (C=N–C) groups is 2. The zero-order chi connectivity index (χ0) is 11.1. The van der Waals surface area contributed by atoms with Crippen molar-refractivity contribution in [3.05, 3.63) is 47.9 Å². The average molecular weight is 210 g/mol. The number of carbonyl (C=O) groups excluding carboxylic acids is 1. The van der Waals surface area contributed by atoms with E-state index in [4.69, 9.17) is 0 Å². The van der Waals surface area contributed by atoms with Crippen LogP contribution in [0.1, 0.15) is 0 Å². The molecule has 0 aromatic rings. The molecule has 3 nitrogen and oxygen atoms in total. The molecule has 78 valence electrons. The molecule has 0 spiro atoms. The van der Waals surface area contributed by atoms with Crippen LogP contribution in [-0.2, 0) is 4.79 Å². The van der Waals surface area contributed by atoms with Gasteiger partial charge in [-0.1, -0.05) is 18.7 Å². The number of carbonyl (C=O) groups is 1. The largest absolute Gasteiger partial charge is 0.293 e. The number of nitrogens with zero attached hydrogens (tertiary/aromatic N) is 2. The molecule has 0 N–H and O–H groups in total. The van der Waals surface area contributed by atoms with Gasteiger partial charge in [0.25, 0.3) is 0 Å². The van der Waals surface area contributed by atoms with Crippen molar-refractivity contribution >= 4 is 18.2 Å². The normalized spacial score (nSPS) is 30.8. The highest BCUT2D eigenvalue weighted by molar-refractivity contribution is 6.04. The van der Waals surface area contributed by atoms with Crippen molar-refractivity contribution in [3.63, 3.8) is 0 Å². The van der Waals surface area contributed by atoms with Gasteiger partial charge in [0.1, 0.15) is 0 Å². The van der Waals surface area contributed by atoms with Gasteiger partial charge < -0.3 is 0 Å². The maximum atomic E-state index is 12.1. The van der Waals surface area contributed by atoms with Gasteiger partial charge in [-0.25, -0.2) is 0 Å². The number of hydrogen-bond donors (Lipinski definition) is 0. The van der Waals surface area contributed by atoms with E-state index in [0.717, 1.165) is 11.4 Å². The van der Waals surface area contributed by atoms with Crippen molar-refractivity contribution in [2.45, 2.75) is 0 Å². The Bertz CT molecular complexity index is 484. The van der Waals surface area contributed by atoms with E-state index in [9.17, 15) is 4.79 Å². The molecule has 3 heteroatoms. The number of Topliss-reactive ketones (excluding diaryl/α,β-unsaturated/α-hetero) is 1. The Morgan fingerprint density at radius 3 is 2.25 bits per heavy atom. The fraction of sp³-hybridized carbons (Fsp3) is 0.154. The Balaban J connectivity index is 2.23.